The average molecular weight is 375 g/mol. The smallest absolute Gasteiger partial charge is 0.349 e. The van der Waals surface area contributed by atoms with Crippen LogP contribution in [0.4, 0.5) is 0 Å². The number of rotatable bonds is 6. The molecule has 2 heterocycles. The minimum Gasteiger partial charge on any atom is -0.473 e. The molecule has 0 bridgehead atoms. The van der Waals surface area contributed by atoms with E-state index in [1.165, 1.54) is 6.08 Å². The fourth-order valence-electron chi connectivity index (χ4n) is 2.72. The molecule has 28 heavy (non-hydrogen) atoms. The van der Waals surface area contributed by atoms with E-state index in [1.807, 2.05) is 75.5 Å². The van der Waals surface area contributed by atoms with E-state index in [2.05, 4.69) is 4.98 Å². The minimum absolute atomic E-state index is 0.0975. The van der Waals surface area contributed by atoms with Crippen LogP contribution in [0.3, 0.4) is 0 Å². The summed E-state index contributed by atoms with van der Waals surface area (Å²) in [6, 6.07) is 15.1. The highest BCUT2D eigenvalue weighted by atomic mass is 16.5. The lowest BCUT2D eigenvalue weighted by atomic mass is 10.2. The predicted molar refractivity (Wildman–Crippen MR) is 106 cm³/mol. The van der Waals surface area contributed by atoms with Crippen LogP contribution in [-0.4, -0.2) is 21.5 Å². The Labute approximate surface area is 163 Å². The molecule has 1 aromatic carbocycles. The number of benzene rings is 1. The number of fused-ring (bicyclic) bond motifs is 1. The van der Waals surface area contributed by atoms with Gasteiger partial charge >= 0.3 is 5.97 Å². The Morgan fingerprint density at radius 3 is 2.68 bits per heavy atom. The molecule has 3 aromatic rings. The Morgan fingerprint density at radius 1 is 1.25 bits per heavy atom. The normalized spacial score (nSPS) is 11.5. The maximum absolute atomic E-state index is 12.4. The molecule has 0 radical (unpaired) electrons. The number of aryl methyl sites for hydroxylation is 1. The van der Waals surface area contributed by atoms with Crippen molar-refractivity contribution in [2.75, 3.05) is 0 Å². The van der Waals surface area contributed by atoms with E-state index >= 15 is 0 Å². The molecule has 0 aliphatic heterocycles. The Hall–Kier alpha value is -3.59. The van der Waals surface area contributed by atoms with E-state index in [-0.39, 0.29) is 18.3 Å². The fourth-order valence-corrected chi connectivity index (χ4v) is 2.72. The summed E-state index contributed by atoms with van der Waals surface area (Å²) in [5.74, 6) is -0.322. The second-order valence-corrected chi connectivity index (χ2v) is 6.59. The van der Waals surface area contributed by atoms with Gasteiger partial charge in [0.1, 0.15) is 29.6 Å². The van der Waals surface area contributed by atoms with Crippen molar-refractivity contribution in [3.8, 4) is 11.9 Å². The van der Waals surface area contributed by atoms with Gasteiger partial charge < -0.3 is 9.47 Å². The van der Waals surface area contributed by atoms with Crippen LogP contribution in [0.1, 0.15) is 30.7 Å². The molecule has 0 unspecified atom stereocenters. The molecule has 0 spiro atoms. The Balaban J connectivity index is 1.95. The third kappa shape index (κ3) is 4.21. The van der Waals surface area contributed by atoms with Gasteiger partial charge in [-0.2, -0.15) is 10.2 Å². The number of imidazole rings is 1. The second kappa shape index (κ2) is 8.40. The molecule has 0 fully saturated rings. The molecule has 0 atom stereocenters. The van der Waals surface area contributed by atoms with Gasteiger partial charge in [-0.15, -0.1) is 0 Å². The number of carbonyl (C=O) groups is 1. The first kappa shape index (κ1) is 19.2. The highest BCUT2D eigenvalue weighted by molar-refractivity contribution is 5.98. The number of carbonyl (C=O) groups excluding carboxylic acids is 1. The van der Waals surface area contributed by atoms with Gasteiger partial charge in [0, 0.05) is 6.20 Å². The molecule has 2 aromatic heterocycles. The first-order valence-electron chi connectivity index (χ1n) is 8.96. The van der Waals surface area contributed by atoms with Gasteiger partial charge in [-0.3, -0.25) is 4.40 Å². The average Bonchev–Trinajstić information content (AvgIpc) is 3.02. The van der Waals surface area contributed by atoms with Crippen molar-refractivity contribution in [2.24, 2.45) is 0 Å². The number of nitriles is 1. The van der Waals surface area contributed by atoms with Crippen molar-refractivity contribution in [3.63, 3.8) is 0 Å². The third-order valence-corrected chi connectivity index (χ3v) is 4.03. The Kier molecular flexibility index (Phi) is 5.75. The van der Waals surface area contributed by atoms with Crippen molar-refractivity contribution in [3.05, 3.63) is 71.1 Å². The highest BCUT2D eigenvalue weighted by Crippen LogP contribution is 2.25. The molecule has 0 aliphatic carbocycles. The second-order valence-electron chi connectivity index (χ2n) is 6.59. The van der Waals surface area contributed by atoms with Gasteiger partial charge in [-0.05, 0) is 44.0 Å². The SMILES string of the molecule is Cc1cccn2c(/C=C(/C#N)C(=O)OCc3ccccc3)c(OC(C)C)nc12. The Morgan fingerprint density at radius 2 is 2.00 bits per heavy atom. The first-order chi connectivity index (χ1) is 13.5. The fraction of sp³-hybridized carbons (Fsp3) is 0.227. The van der Waals surface area contributed by atoms with Gasteiger partial charge in [0.05, 0.1) is 6.10 Å². The molecule has 3 rings (SSSR count). The monoisotopic (exact) mass is 375 g/mol. The number of hydrogen-bond acceptors (Lipinski definition) is 5. The van der Waals surface area contributed by atoms with Gasteiger partial charge in [0.2, 0.25) is 5.88 Å². The lowest BCUT2D eigenvalue weighted by Crippen LogP contribution is -2.09. The zero-order valence-corrected chi connectivity index (χ0v) is 16.0. The number of ether oxygens (including phenoxy) is 2. The van der Waals surface area contributed by atoms with Gasteiger partial charge in [-0.25, -0.2) is 4.79 Å². The van der Waals surface area contributed by atoms with E-state index in [9.17, 15) is 10.1 Å². The van der Waals surface area contributed by atoms with Crippen molar-refractivity contribution in [1.82, 2.24) is 9.38 Å². The largest absolute Gasteiger partial charge is 0.473 e. The number of pyridine rings is 1. The Bertz CT molecular complexity index is 1060. The van der Waals surface area contributed by atoms with E-state index in [1.54, 1.807) is 4.40 Å². The van der Waals surface area contributed by atoms with Crippen LogP contribution in [0, 0.1) is 18.3 Å². The molecule has 0 saturated heterocycles. The van der Waals surface area contributed by atoms with Crippen molar-refractivity contribution in [1.29, 1.82) is 5.26 Å². The molecule has 0 amide bonds. The number of nitrogens with zero attached hydrogens (tertiary/aromatic N) is 3. The van der Waals surface area contributed by atoms with E-state index in [4.69, 9.17) is 9.47 Å². The summed E-state index contributed by atoms with van der Waals surface area (Å²) >= 11 is 0. The lowest BCUT2D eigenvalue weighted by Gasteiger charge is -2.08. The molecule has 142 valence electrons. The third-order valence-electron chi connectivity index (χ3n) is 4.03. The molecule has 0 aliphatic rings. The summed E-state index contributed by atoms with van der Waals surface area (Å²) in [6.07, 6.45) is 3.18. The topological polar surface area (TPSA) is 76.6 Å². The summed E-state index contributed by atoms with van der Waals surface area (Å²) < 4.78 is 12.9. The highest BCUT2D eigenvalue weighted by Gasteiger charge is 2.18. The summed E-state index contributed by atoms with van der Waals surface area (Å²) in [7, 11) is 0. The maximum atomic E-state index is 12.4. The number of hydrogen-bond donors (Lipinski definition) is 0. The van der Waals surface area contributed by atoms with Crippen molar-refractivity contribution >= 4 is 17.7 Å². The molecular formula is C22H21N3O3. The van der Waals surface area contributed by atoms with E-state index in [0.29, 0.717) is 17.2 Å². The lowest BCUT2D eigenvalue weighted by molar-refractivity contribution is -0.139. The first-order valence-corrected chi connectivity index (χ1v) is 8.96. The van der Waals surface area contributed by atoms with Crippen LogP contribution in [0.5, 0.6) is 5.88 Å². The molecule has 6 nitrogen and oxygen atoms in total. The van der Waals surface area contributed by atoms with Crippen LogP contribution >= 0.6 is 0 Å². The molecule has 6 heteroatoms. The number of esters is 1. The predicted octanol–water partition coefficient (Wildman–Crippen LogP) is 4.08. The maximum Gasteiger partial charge on any atom is 0.349 e. The summed E-state index contributed by atoms with van der Waals surface area (Å²) in [6.45, 7) is 5.82. The van der Waals surface area contributed by atoms with E-state index < -0.39 is 5.97 Å². The zero-order valence-electron chi connectivity index (χ0n) is 16.0. The standard InChI is InChI=1S/C22H21N3O3/c1-15(2)28-21-19(25-11-7-8-16(3)20(25)24-21)12-18(13-23)22(26)27-14-17-9-5-4-6-10-17/h4-12,15H,14H2,1-3H3/b18-12-. The molecule has 0 saturated carbocycles. The van der Waals surface area contributed by atoms with Crippen LogP contribution < -0.4 is 4.74 Å². The zero-order chi connectivity index (χ0) is 20.1. The van der Waals surface area contributed by atoms with E-state index in [0.717, 1.165) is 11.1 Å². The summed E-state index contributed by atoms with van der Waals surface area (Å²) in [5.41, 5.74) is 2.93. The van der Waals surface area contributed by atoms with Gasteiger partial charge in [-0.1, -0.05) is 36.4 Å². The van der Waals surface area contributed by atoms with Gasteiger partial charge in [0.25, 0.3) is 0 Å². The van der Waals surface area contributed by atoms with Gasteiger partial charge in [0.15, 0.2) is 0 Å². The van der Waals surface area contributed by atoms with Crippen LogP contribution in [0.2, 0.25) is 0 Å². The van der Waals surface area contributed by atoms with Crippen LogP contribution in [-0.2, 0) is 16.1 Å². The minimum atomic E-state index is -0.690. The quantitative estimate of drug-likeness (QED) is 0.369. The summed E-state index contributed by atoms with van der Waals surface area (Å²) in [5, 5.41) is 9.50. The molecular weight excluding hydrogens is 354 g/mol. The number of aromatic nitrogens is 2. The van der Waals surface area contributed by atoms with Crippen LogP contribution in [0.15, 0.2) is 54.2 Å². The van der Waals surface area contributed by atoms with Crippen molar-refractivity contribution < 1.29 is 14.3 Å². The molecule has 0 N–H and O–H groups in total. The van der Waals surface area contributed by atoms with Crippen molar-refractivity contribution in [2.45, 2.75) is 33.5 Å². The van der Waals surface area contributed by atoms with Crippen LogP contribution in [0.25, 0.3) is 11.7 Å². The summed E-state index contributed by atoms with van der Waals surface area (Å²) in [4.78, 5) is 17.0.